The van der Waals surface area contributed by atoms with Crippen LogP contribution in [-0.2, 0) is 6.54 Å². The third kappa shape index (κ3) is 4.28. The number of pyridine rings is 1. The Morgan fingerprint density at radius 1 is 1.15 bits per heavy atom. The minimum Gasteiger partial charge on any atom is -0.310 e. The highest BCUT2D eigenvalue weighted by Gasteiger charge is 2.05. The summed E-state index contributed by atoms with van der Waals surface area (Å²) in [6.45, 7) is 4.93. The third-order valence-corrected chi connectivity index (χ3v) is 3.57. The number of halogens is 2. The van der Waals surface area contributed by atoms with Crippen molar-refractivity contribution >= 4 is 11.8 Å². The number of aromatic nitrogens is 1. The lowest BCUT2D eigenvalue weighted by atomic mass is 10.2. The second-order valence-corrected chi connectivity index (χ2v) is 5.81. The van der Waals surface area contributed by atoms with E-state index in [1.54, 1.807) is 12.3 Å². The Bertz CT molecular complexity index is 571. The Morgan fingerprint density at radius 2 is 1.95 bits per heavy atom. The van der Waals surface area contributed by atoms with E-state index in [4.69, 9.17) is 0 Å². The maximum atomic E-state index is 13.1. The standard InChI is InChI=1S/C15H16F2N2S/c1-10(2)18-8-11-3-6-15(19-9-11)20-12-4-5-13(16)14(17)7-12/h3-7,9-10,18H,8H2,1-2H3. The smallest absolute Gasteiger partial charge is 0.159 e. The molecule has 1 aromatic carbocycles. The average Bonchev–Trinajstić information content (AvgIpc) is 2.42. The van der Waals surface area contributed by atoms with Crippen molar-refractivity contribution in [2.75, 3.05) is 0 Å². The van der Waals surface area contributed by atoms with Crippen LogP contribution in [0.2, 0.25) is 0 Å². The fourth-order valence-corrected chi connectivity index (χ4v) is 2.34. The summed E-state index contributed by atoms with van der Waals surface area (Å²) in [7, 11) is 0. The van der Waals surface area contributed by atoms with Gasteiger partial charge in [0.1, 0.15) is 5.03 Å². The van der Waals surface area contributed by atoms with Crippen molar-refractivity contribution in [3.8, 4) is 0 Å². The van der Waals surface area contributed by atoms with Gasteiger partial charge in [0.05, 0.1) is 0 Å². The summed E-state index contributed by atoms with van der Waals surface area (Å²) in [4.78, 5) is 4.94. The van der Waals surface area contributed by atoms with Crippen molar-refractivity contribution in [2.24, 2.45) is 0 Å². The lowest BCUT2D eigenvalue weighted by Gasteiger charge is -2.08. The monoisotopic (exact) mass is 294 g/mol. The van der Waals surface area contributed by atoms with Crippen LogP contribution in [0.5, 0.6) is 0 Å². The molecule has 0 aliphatic heterocycles. The molecule has 0 aliphatic carbocycles. The van der Waals surface area contributed by atoms with E-state index in [0.29, 0.717) is 10.9 Å². The molecular formula is C15H16F2N2S. The van der Waals surface area contributed by atoms with Gasteiger partial charge in [-0.1, -0.05) is 31.7 Å². The first kappa shape index (κ1) is 14.9. The molecule has 2 nitrogen and oxygen atoms in total. The number of rotatable bonds is 5. The maximum absolute atomic E-state index is 13.1. The topological polar surface area (TPSA) is 24.9 Å². The van der Waals surface area contributed by atoms with Crippen LogP contribution in [0.4, 0.5) is 8.78 Å². The van der Waals surface area contributed by atoms with E-state index < -0.39 is 11.6 Å². The molecule has 0 radical (unpaired) electrons. The number of benzene rings is 1. The predicted octanol–water partition coefficient (Wildman–Crippen LogP) is 4.01. The van der Waals surface area contributed by atoms with Gasteiger partial charge in [-0.05, 0) is 29.8 Å². The quantitative estimate of drug-likeness (QED) is 0.902. The Hall–Kier alpha value is -1.46. The average molecular weight is 294 g/mol. The molecule has 0 amide bonds. The summed E-state index contributed by atoms with van der Waals surface area (Å²) >= 11 is 1.31. The van der Waals surface area contributed by atoms with Gasteiger partial charge in [-0.3, -0.25) is 0 Å². The van der Waals surface area contributed by atoms with Crippen LogP contribution >= 0.6 is 11.8 Å². The SMILES string of the molecule is CC(C)NCc1ccc(Sc2ccc(F)c(F)c2)nc1. The Kier molecular flexibility index (Phi) is 5.09. The first-order valence-corrected chi connectivity index (χ1v) is 7.17. The Balaban J connectivity index is 2.01. The molecule has 2 aromatic rings. The van der Waals surface area contributed by atoms with E-state index in [1.807, 2.05) is 12.1 Å². The molecule has 0 atom stereocenters. The van der Waals surface area contributed by atoms with Crippen molar-refractivity contribution in [1.29, 1.82) is 0 Å². The van der Waals surface area contributed by atoms with Gasteiger partial charge >= 0.3 is 0 Å². The highest BCUT2D eigenvalue weighted by atomic mass is 32.2. The Labute approximate surface area is 121 Å². The fourth-order valence-electron chi connectivity index (χ4n) is 1.56. The summed E-state index contributed by atoms with van der Waals surface area (Å²) in [6, 6.07) is 8.12. The first-order valence-electron chi connectivity index (χ1n) is 6.36. The second kappa shape index (κ2) is 6.81. The Morgan fingerprint density at radius 3 is 2.55 bits per heavy atom. The second-order valence-electron chi connectivity index (χ2n) is 4.72. The molecule has 1 heterocycles. The molecule has 0 saturated carbocycles. The number of nitrogens with zero attached hydrogens (tertiary/aromatic N) is 1. The number of hydrogen-bond donors (Lipinski definition) is 1. The van der Waals surface area contributed by atoms with E-state index in [2.05, 4.69) is 24.1 Å². The van der Waals surface area contributed by atoms with Crippen LogP contribution in [-0.4, -0.2) is 11.0 Å². The van der Waals surface area contributed by atoms with Crippen LogP contribution in [0, 0.1) is 11.6 Å². The molecule has 5 heteroatoms. The fraction of sp³-hybridized carbons (Fsp3) is 0.267. The van der Waals surface area contributed by atoms with E-state index >= 15 is 0 Å². The number of nitrogens with one attached hydrogen (secondary N) is 1. The first-order chi connectivity index (χ1) is 9.54. The molecular weight excluding hydrogens is 278 g/mol. The molecule has 0 unspecified atom stereocenters. The van der Waals surface area contributed by atoms with Gasteiger partial charge in [-0.15, -0.1) is 0 Å². The molecule has 0 bridgehead atoms. The van der Waals surface area contributed by atoms with Crippen molar-refractivity contribution in [2.45, 2.75) is 36.4 Å². The van der Waals surface area contributed by atoms with Crippen LogP contribution in [0.1, 0.15) is 19.4 Å². The van der Waals surface area contributed by atoms with Crippen molar-refractivity contribution < 1.29 is 8.78 Å². The third-order valence-electron chi connectivity index (χ3n) is 2.63. The number of hydrogen-bond acceptors (Lipinski definition) is 3. The van der Waals surface area contributed by atoms with Gasteiger partial charge in [0, 0.05) is 23.7 Å². The molecule has 0 saturated heterocycles. The molecule has 20 heavy (non-hydrogen) atoms. The summed E-state index contributed by atoms with van der Waals surface area (Å²) in [6.07, 6.45) is 1.79. The highest BCUT2D eigenvalue weighted by Crippen LogP contribution is 2.27. The van der Waals surface area contributed by atoms with E-state index in [0.717, 1.165) is 23.2 Å². The predicted molar refractivity (Wildman–Crippen MR) is 76.7 cm³/mol. The van der Waals surface area contributed by atoms with Crippen LogP contribution in [0.15, 0.2) is 46.5 Å². The maximum Gasteiger partial charge on any atom is 0.159 e. The van der Waals surface area contributed by atoms with E-state index in [-0.39, 0.29) is 0 Å². The molecule has 1 N–H and O–H groups in total. The summed E-state index contributed by atoms with van der Waals surface area (Å²) in [5.74, 6) is -1.68. The molecule has 0 fully saturated rings. The summed E-state index contributed by atoms with van der Waals surface area (Å²) in [5.41, 5.74) is 1.09. The van der Waals surface area contributed by atoms with Crippen molar-refractivity contribution in [3.05, 3.63) is 53.7 Å². The van der Waals surface area contributed by atoms with Crippen molar-refractivity contribution in [1.82, 2.24) is 10.3 Å². The van der Waals surface area contributed by atoms with E-state index in [9.17, 15) is 8.78 Å². The van der Waals surface area contributed by atoms with Gasteiger partial charge in [-0.2, -0.15) is 0 Å². The minimum atomic E-state index is -0.840. The molecule has 0 aliphatic rings. The summed E-state index contributed by atoms with van der Waals surface area (Å²) in [5, 5.41) is 4.06. The molecule has 1 aromatic heterocycles. The lowest BCUT2D eigenvalue weighted by molar-refractivity contribution is 0.506. The van der Waals surface area contributed by atoms with Crippen LogP contribution < -0.4 is 5.32 Å². The summed E-state index contributed by atoms with van der Waals surface area (Å²) < 4.78 is 25.9. The van der Waals surface area contributed by atoms with Gasteiger partial charge in [-0.25, -0.2) is 13.8 Å². The highest BCUT2D eigenvalue weighted by molar-refractivity contribution is 7.99. The van der Waals surface area contributed by atoms with Crippen molar-refractivity contribution in [3.63, 3.8) is 0 Å². The van der Waals surface area contributed by atoms with Gasteiger partial charge in [0.15, 0.2) is 11.6 Å². The zero-order valence-electron chi connectivity index (χ0n) is 11.4. The van der Waals surface area contributed by atoms with Crippen LogP contribution in [0.3, 0.4) is 0 Å². The normalized spacial score (nSPS) is 11.1. The zero-order chi connectivity index (χ0) is 14.5. The minimum absolute atomic E-state index is 0.422. The van der Waals surface area contributed by atoms with Crippen LogP contribution in [0.25, 0.3) is 0 Å². The zero-order valence-corrected chi connectivity index (χ0v) is 12.2. The van der Waals surface area contributed by atoms with E-state index in [1.165, 1.54) is 17.8 Å². The largest absolute Gasteiger partial charge is 0.310 e. The molecule has 0 spiro atoms. The molecule has 2 rings (SSSR count). The molecule has 106 valence electrons. The van der Waals surface area contributed by atoms with Gasteiger partial charge in [0.2, 0.25) is 0 Å². The van der Waals surface area contributed by atoms with Gasteiger partial charge < -0.3 is 5.32 Å². The van der Waals surface area contributed by atoms with Gasteiger partial charge in [0.25, 0.3) is 0 Å². The lowest BCUT2D eigenvalue weighted by Crippen LogP contribution is -2.21.